The van der Waals surface area contributed by atoms with Crippen LogP contribution in [0.2, 0.25) is 5.02 Å². The lowest BCUT2D eigenvalue weighted by molar-refractivity contribution is 0.610. The Balaban J connectivity index is 1.98. The molecule has 0 radical (unpaired) electrons. The second-order valence-corrected chi connectivity index (χ2v) is 4.32. The van der Waals surface area contributed by atoms with E-state index >= 15 is 0 Å². The van der Waals surface area contributed by atoms with Crippen molar-refractivity contribution in [2.24, 2.45) is 0 Å². The van der Waals surface area contributed by atoms with Crippen LogP contribution >= 0.6 is 11.6 Å². The molecular weight excluding hydrogens is 267 g/mol. The van der Waals surface area contributed by atoms with Crippen molar-refractivity contribution in [3.8, 4) is 0 Å². The maximum Gasteiger partial charge on any atom is 0.224 e. The summed E-state index contributed by atoms with van der Waals surface area (Å²) in [5.74, 6) is 0.823. The van der Waals surface area contributed by atoms with Crippen LogP contribution in [0.1, 0.15) is 5.56 Å². The van der Waals surface area contributed by atoms with Crippen LogP contribution in [0.25, 0.3) is 0 Å². The van der Waals surface area contributed by atoms with Gasteiger partial charge in [-0.25, -0.2) is 9.37 Å². The predicted molar refractivity (Wildman–Crippen MR) is 75.2 cm³/mol. The number of anilines is 2. The second kappa shape index (κ2) is 6.33. The first-order chi connectivity index (χ1) is 9.20. The van der Waals surface area contributed by atoms with Crippen molar-refractivity contribution < 1.29 is 4.39 Å². The smallest absolute Gasteiger partial charge is 0.224 e. The van der Waals surface area contributed by atoms with E-state index in [-0.39, 0.29) is 5.82 Å². The topological polar surface area (TPSA) is 49.8 Å². The minimum Gasteiger partial charge on any atom is -0.368 e. The van der Waals surface area contributed by atoms with Gasteiger partial charge < -0.3 is 10.6 Å². The van der Waals surface area contributed by atoms with E-state index in [4.69, 9.17) is 11.6 Å². The fraction of sp³-hybridized carbons (Fsp3) is 0.231. The van der Waals surface area contributed by atoms with Gasteiger partial charge in [0.25, 0.3) is 0 Å². The molecule has 0 saturated carbocycles. The molecule has 2 aromatic rings. The van der Waals surface area contributed by atoms with Gasteiger partial charge in [-0.1, -0.05) is 29.8 Å². The van der Waals surface area contributed by atoms with Gasteiger partial charge in [0.05, 0.1) is 6.20 Å². The van der Waals surface area contributed by atoms with Crippen LogP contribution in [-0.4, -0.2) is 23.6 Å². The van der Waals surface area contributed by atoms with Gasteiger partial charge in [0.2, 0.25) is 5.95 Å². The number of halogens is 2. The molecule has 0 unspecified atom stereocenters. The van der Waals surface area contributed by atoms with Crippen LogP contribution in [0.5, 0.6) is 0 Å². The highest BCUT2D eigenvalue weighted by molar-refractivity contribution is 6.32. The molecular formula is C13H14ClFN4. The number of rotatable bonds is 5. The molecule has 0 aliphatic rings. The molecule has 1 aromatic carbocycles. The highest BCUT2D eigenvalue weighted by Gasteiger charge is 2.05. The van der Waals surface area contributed by atoms with Gasteiger partial charge in [0.1, 0.15) is 16.7 Å². The molecule has 2 rings (SSSR count). The number of nitrogens with zero attached hydrogens (tertiary/aromatic N) is 2. The Kier molecular flexibility index (Phi) is 4.52. The van der Waals surface area contributed by atoms with Crippen molar-refractivity contribution in [2.45, 2.75) is 6.42 Å². The monoisotopic (exact) mass is 280 g/mol. The highest BCUT2D eigenvalue weighted by atomic mass is 35.5. The zero-order chi connectivity index (χ0) is 13.7. The zero-order valence-corrected chi connectivity index (χ0v) is 11.2. The number of hydrogen-bond donors (Lipinski definition) is 2. The van der Waals surface area contributed by atoms with Crippen molar-refractivity contribution in [3.63, 3.8) is 0 Å². The Hall–Kier alpha value is -1.88. The molecule has 0 aliphatic carbocycles. The summed E-state index contributed by atoms with van der Waals surface area (Å²) in [6, 6.07) is 6.70. The minimum atomic E-state index is -0.200. The summed E-state index contributed by atoms with van der Waals surface area (Å²) in [5.41, 5.74) is 0.661. The number of hydrogen-bond acceptors (Lipinski definition) is 4. The first-order valence-corrected chi connectivity index (χ1v) is 6.26. The lowest BCUT2D eigenvalue weighted by atomic mass is 10.1. The lowest BCUT2D eigenvalue weighted by Gasteiger charge is -2.09. The van der Waals surface area contributed by atoms with Crippen molar-refractivity contribution in [1.82, 2.24) is 9.97 Å². The molecule has 0 atom stereocenters. The van der Waals surface area contributed by atoms with Gasteiger partial charge in [-0.15, -0.1) is 0 Å². The zero-order valence-electron chi connectivity index (χ0n) is 10.5. The standard InChI is InChI=1S/C13H14ClFN4/c1-16-13-18-8-10(14)12(19-13)17-7-6-9-4-2-3-5-11(9)15/h2-5,8H,6-7H2,1H3,(H2,16,17,18,19). The van der Waals surface area contributed by atoms with Crippen LogP contribution in [0.3, 0.4) is 0 Å². The Bertz CT molecular complexity index is 562. The highest BCUT2D eigenvalue weighted by Crippen LogP contribution is 2.19. The van der Waals surface area contributed by atoms with Gasteiger partial charge in [-0.2, -0.15) is 4.98 Å². The van der Waals surface area contributed by atoms with E-state index in [1.807, 2.05) is 6.07 Å². The van der Waals surface area contributed by atoms with Gasteiger partial charge in [-0.05, 0) is 18.1 Å². The van der Waals surface area contributed by atoms with Gasteiger partial charge in [0, 0.05) is 13.6 Å². The maximum absolute atomic E-state index is 13.4. The van der Waals surface area contributed by atoms with Gasteiger partial charge in [0.15, 0.2) is 0 Å². The van der Waals surface area contributed by atoms with Crippen LogP contribution < -0.4 is 10.6 Å². The molecule has 4 nitrogen and oxygen atoms in total. The van der Waals surface area contributed by atoms with E-state index < -0.39 is 0 Å². The number of nitrogens with one attached hydrogen (secondary N) is 2. The molecule has 0 fully saturated rings. The maximum atomic E-state index is 13.4. The fourth-order valence-electron chi connectivity index (χ4n) is 1.63. The molecule has 100 valence electrons. The summed E-state index contributed by atoms with van der Waals surface area (Å²) < 4.78 is 13.4. The van der Waals surface area contributed by atoms with Gasteiger partial charge >= 0.3 is 0 Å². The summed E-state index contributed by atoms with van der Waals surface area (Å²) in [5, 5.41) is 6.34. The molecule has 0 aliphatic heterocycles. The molecule has 0 bridgehead atoms. The quantitative estimate of drug-likeness (QED) is 0.884. The molecule has 6 heteroatoms. The Morgan fingerprint density at radius 1 is 1.32 bits per heavy atom. The molecule has 0 saturated heterocycles. The van der Waals surface area contributed by atoms with E-state index in [1.165, 1.54) is 12.3 Å². The average Bonchev–Trinajstić information content (AvgIpc) is 2.43. The van der Waals surface area contributed by atoms with Crippen LogP contribution in [-0.2, 0) is 6.42 Å². The first-order valence-electron chi connectivity index (χ1n) is 5.88. The van der Waals surface area contributed by atoms with E-state index in [0.717, 1.165) is 0 Å². The summed E-state index contributed by atoms with van der Waals surface area (Å²) in [4.78, 5) is 8.17. The largest absolute Gasteiger partial charge is 0.368 e. The van der Waals surface area contributed by atoms with E-state index in [2.05, 4.69) is 20.6 Å². The molecule has 1 heterocycles. The lowest BCUT2D eigenvalue weighted by Crippen LogP contribution is -2.09. The van der Waals surface area contributed by atoms with Gasteiger partial charge in [-0.3, -0.25) is 0 Å². The fourth-order valence-corrected chi connectivity index (χ4v) is 1.79. The summed E-state index contributed by atoms with van der Waals surface area (Å²) >= 11 is 5.98. The predicted octanol–water partition coefficient (Wildman–Crippen LogP) is 2.97. The van der Waals surface area contributed by atoms with E-state index in [0.29, 0.717) is 35.3 Å². The van der Waals surface area contributed by atoms with Crippen molar-refractivity contribution in [1.29, 1.82) is 0 Å². The SMILES string of the molecule is CNc1ncc(Cl)c(NCCc2ccccc2F)n1. The third kappa shape index (κ3) is 3.54. The Morgan fingerprint density at radius 2 is 2.11 bits per heavy atom. The van der Waals surface area contributed by atoms with Crippen LogP contribution in [0.15, 0.2) is 30.5 Å². The number of benzene rings is 1. The van der Waals surface area contributed by atoms with Crippen LogP contribution in [0, 0.1) is 5.82 Å². The van der Waals surface area contributed by atoms with Crippen molar-refractivity contribution >= 4 is 23.4 Å². The normalized spacial score (nSPS) is 10.3. The average molecular weight is 281 g/mol. The molecule has 19 heavy (non-hydrogen) atoms. The molecule has 0 spiro atoms. The second-order valence-electron chi connectivity index (χ2n) is 3.91. The Morgan fingerprint density at radius 3 is 2.84 bits per heavy atom. The molecule has 1 aromatic heterocycles. The minimum absolute atomic E-state index is 0.200. The van der Waals surface area contributed by atoms with E-state index in [9.17, 15) is 4.39 Å². The summed E-state index contributed by atoms with van der Waals surface area (Å²) in [6.45, 7) is 0.542. The van der Waals surface area contributed by atoms with Crippen LogP contribution in [0.4, 0.5) is 16.2 Å². The molecule has 2 N–H and O–H groups in total. The third-order valence-electron chi connectivity index (χ3n) is 2.61. The molecule has 0 amide bonds. The Labute approximate surface area is 116 Å². The van der Waals surface area contributed by atoms with Crippen molar-refractivity contribution in [2.75, 3.05) is 24.2 Å². The summed E-state index contributed by atoms with van der Waals surface area (Å²) in [6.07, 6.45) is 2.08. The first kappa shape index (κ1) is 13.5. The third-order valence-corrected chi connectivity index (χ3v) is 2.89. The van der Waals surface area contributed by atoms with Crippen molar-refractivity contribution in [3.05, 3.63) is 46.9 Å². The number of aromatic nitrogens is 2. The summed E-state index contributed by atoms with van der Waals surface area (Å²) in [7, 11) is 1.73. The van der Waals surface area contributed by atoms with E-state index in [1.54, 1.807) is 19.2 Å².